The summed E-state index contributed by atoms with van der Waals surface area (Å²) >= 11 is 0. The van der Waals surface area contributed by atoms with E-state index in [1.54, 1.807) is 17.0 Å². The summed E-state index contributed by atoms with van der Waals surface area (Å²) in [6, 6.07) is 0. The van der Waals surface area contributed by atoms with E-state index >= 15 is 0 Å². The molecule has 0 saturated heterocycles. The number of hydrogen-bond acceptors (Lipinski definition) is 7. The molecule has 2 rings (SSSR count). The smallest absolute Gasteiger partial charge is 0.327 e. The van der Waals surface area contributed by atoms with Crippen molar-refractivity contribution in [1.29, 1.82) is 0 Å². The molecule has 10 nitrogen and oxygen atoms in total. The highest BCUT2D eigenvalue weighted by Crippen LogP contribution is 2.33. The monoisotopic (exact) mass is 342 g/mol. The van der Waals surface area contributed by atoms with Crippen molar-refractivity contribution >= 4 is 30.5 Å². The normalized spacial score (nSPS) is 11.7. The molecule has 0 saturated carbocycles. The van der Waals surface area contributed by atoms with Gasteiger partial charge in [-0.1, -0.05) is 6.08 Å². The summed E-state index contributed by atoms with van der Waals surface area (Å²) in [4.78, 5) is 30.0. The molecule has 2 aromatic rings. The predicted molar refractivity (Wildman–Crippen MR) is 86.2 cm³/mol. The topological polar surface area (TPSA) is 148 Å². The van der Waals surface area contributed by atoms with Crippen LogP contribution in [0.2, 0.25) is 0 Å². The van der Waals surface area contributed by atoms with Crippen LogP contribution in [0.3, 0.4) is 0 Å². The first-order valence-electron chi connectivity index (χ1n) is 6.86. The van der Waals surface area contributed by atoms with E-state index < -0.39 is 7.60 Å². The molecular weight excluding hydrogens is 323 g/mol. The molecule has 0 amide bonds. The molecule has 0 atom stereocenters. The van der Waals surface area contributed by atoms with Gasteiger partial charge in [0.15, 0.2) is 17.0 Å². The van der Waals surface area contributed by atoms with E-state index in [-0.39, 0.29) is 25.3 Å². The minimum atomic E-state index is -4.03. The molecular formula is C12H19N6O4P. The molecule has 0 bridgehead atoms. The van der Waals surface area contributed by atoms with Gasteiger partial charge in [0.25, 0.3) is 0 Å². The third kappa shape index (κ3) is 5.00. The number of imidazole rings is 1. The molecule has 0 spiro atoms. The molecule has 0 aromatic carbocycles. The third-order valence-corrected chi connectivity index (χ3v) is 3.66. The Balaban J connectivity index is 2.03. The quantitative estimate of drug-likeness (QED) is 0.285. The van der Waals surface area contributed by atoms with E-state index in [4.69, 9.17) is 20.3 Å². The van der Waals surface area contributed by atoms with Crippen molar-refractivity contribution in [3.05, 3.63) is 19.0 Å². The zero-order valence-electron chi connectivity index (χ0n) is 12.4. The zero-order valence-corrected chi connectivity index (χ0v) is 13.3. The van der Waals surface area contributed by atoms with Crippen LogP contribution in [-0.4, -0.2) is 55.2 Å². The number of aromatic nitrogens is 4. The van der Waals surface area contributed by atoms with Crippen LogP contribution in [0.15, 0.2) is 19.0 Å². The first-order valence-corrected chi connectivity index (χ1v) is 8.66. The van der Waals surface area contributed by atoms with Crippen LogP contribution < -0.4 is 11.1 Å². The lowest BCUT2D eigenvalue weighted by Gasteiger charge is -2.08. The lowest BCUT2D eigenvalue weighted by Crippen LogP contribution is -2.10. The van der Waals surface area contributed by atoms with Gasteiger partial charge in [0, 0.05) is 13.1 Å². The van der Waals surface area contributed by atoms with Crippen molar-refractivity contribution in [2.45, 2.75) is 6.54 Å². The largest absolute Gasteiger partial charge is 0.379 e. The second-order valence-electron chi connectivity index (χ2n) is 4.71. The molecule has 2 heterocycles. The molecule has 23 heavy (non-hydrogen) atoms. The van der Waals surface area contributed by atoms with E-state index in [9.17, 15) is 4.57 Å². The van der Waals surface area contributed by atoms with Gasteiger partial charge in [-0.3, -0.25) is 4.57 Å². The highest BCUT2D eigenvalue weighted by atomic mass is 31.2. The standard InChI is InChI=1S/C12H19N6O4P/c1-2-3-14-10-9-11(17-12(13)16-10)18(8-15-9)4-5-22-6-7-23(19,20)21/h2,8H,1,3-7H2,(H2,19,20,21)(H3,13,14,16,17). The van der Waals surface area contributed by atoms with Crippen molar-refractivity contribution in [2.75, 3.05) is 37.0 Å². The first kappa shape index (κ1) is 17.4. The van der Waals surface area contributed by atoms with Crippen molar-refractivity contribution in [3.63, 3.8) is 0 Å². The Morgan fingerprint density at radius 3 is 2.91 bits per heavy atom. The van der Waals surface area contributed by atoms with Crippen LogP contribution >= 0.6 is 7.60 Å². The van der Waals surface area contributed by atoms with Gasteiger partial charge in [-0.2, -0.15) is 9.97 Å². The number of nitrogens with zero attached hydrogens (tertiary/aromatic N) is 4. The Kier molecular flexibility index (Phi) is 5.67. The average molecular weight is 342 g/mol. The van der Waals surface area contributed by atoms with Crippen molar-refractivity contribution in [3.8, 4) is 0 Å². The van der Waals surface area contributed by atoms with Gasteiger partial charge in [-0.15, -0.1) is 6.58 Å². The van der Waals surface area contributed by atoms with Crippen LogP contribution in [0, 0.1) is 0 Å². The number of nitrogens with one attached hydrogen (secondary N) is 1. The molecule has 11 heteroatoms. The molecule has 0 radical (unpaired) electrons. The second-order valence-corrected chi connectivity index (χ2v) is 6.49. The molecule has 0 aliphatic heterocycles. The molecule has 0 aliphatic rings. The fraction of sp³-hybridized carbons (Fsp3) is 0.417. The maximum Gasteiger partial charge on any atom is 0.327 e. The lowest BCUT2D eigenvalue weighted by molar-refractivity contribution is 0.137. The maximum atomic E-state index is 10.7. The second kappa shape index (κ2) is 7.51. The molecule has 2 aromatic heterocycles. The van der Waals surface area contributed by atoms with Crippen LogP contribution in [-0.2, 0) is 15.8 Å². The Hall–Kier alpha value is -2.00. The van der Waals surface area contributed by atoms with E-state index in [2.05, 4.69) is 26.8 Å². The Morgan fingerprint density at radius 2 is 2.22 bits per heavy atom. The van der Waals surface area contributed by atoms with Crippen LogP contribution in [0.25, 0.3) is 11.2 Å². The summed E-state index contributed by atoms with van der Waals surface area (Å²) in [6.45, 7) is 4.82. The van der Waals surface area contributed by atoms with Gasteiger partial charge >= 0.3 is 7.60 Å². The number of hydrogen-bond donors (Lipinski definition) is 4. The predicted octanol–water partition coefficient (Wildman–Crippen LogP) is 0.201. The van der Waals surface area contributed by atoms with Crippen molar-refractivity contribution in [2.24, 2.45) is 0 Å². The van der Waals surface area contributed by atoms with Gasteiger partial charge < -0.3 is 30.1 Å². The van der Waals surface area contributed by atoms with Crippen molar-refractivity contribution < 1.29 is 19.1 Å². The highest BCUT2D eigenvalue weighted by molar-refractivity contribution is 7.51. The van der Waals surface area contributed by atoms with E-state index in [1.165, 1.54) is 0 Å². The van der Waals surface area contributed by atoms with Crippen LogP contribution in [0.5, 0.6) is 0 Å². The van der Waals surface area contributed by atoms with E-state index in [0.29, 0.717) is 30.1 Å². The number of nitrogens with two attached hydrogens (primary N) is 1. The van der Waals surface area contributed by atoms with Gasteiger partial charge in [-0.05, 0) is 0 Å². The summed E-state index contributed by atoms with van der Waals surface area (Å²) in [5, 5.41) is 3.04. The Morgan fingerprint density at radius 1 is 1.43 bits per heavy atom. The molecule has 0 unspecified atom stereocenters. The highest BCUT2D eigenvalue weighted by Gasteiger charge is 2.13. The zero-order chi connectivity index (χ0) is 16.9. The van der Waals surface area contributed by atoms with E-state index in [1.807, 2.05) is 0 Å². The number of ether oxygens (including phenoxy) is 1. The van der Waals surface area contributed by atoms with Gasteiger partial charge in [-0.25, -0.2) is 4.98 Å². The number of anilines is 2. The average Bonchev–Trinajstić information content (AvgIpc) is 2.86. The third-order valence-electron chi connectivity index (χ3n) is 2.90. The molecule has 5 N–H and O–H groups in total. The summed E-state index contributed by atoms with van der Waals surface area (Å²) < 4.78 is 17.7. The summed E-state index contributed by atoms with van der Waals surface area (Å²) in [5.74, 6) is 0.641. The summed E-state index contributed by atoms with van der Waals surface area (Å²) in [5.41, 5.74) is 6.84. The fourth-order valence-corrected chi connectivity index (χ4v) is 2.23. The molecule has 0 fully saturated rings. The Bertz CT molecular complexity index is 728. The maximum absolute atomic E-state index is 10.7. The number of rotatable bonds is 9. The van der Waals surface area contributed by atoms with Crippen LogP contribution in [0.4, 0.5) is 11.8 Å². The Labute approximate surface area is 132 Å². The fourth-order valence-electron chi connectivity index (χ4n) is 1.87. The SMILES string of the molecule is C=CCNc1nc(N)nc2c1ncn2CCOCCP(=O)(O)O. The number of fused-ring (bicyclic) bond motifs is 1. The van der Waals surface area contributed by atoms with E-state index in [0.717, 1.165) is 0 Å². The minimum absolute atomic E-state index is 0.0137. The number of nitrogen functional groups attached to an aromatic ring is 1. The molecule has 126 valence electrons. The summed E-state index contributed by atoms with van der Waals surface area (Å²) in [7, 11) is -4.03. The lowest BCUT2D eigenvalue weighted by atomic mass is 10.4. The minimum Gasteiger partial charge on any atom is -0.379 e. The van der Waals surface area contributed by atoms with Gasteiger partial charge in [0.2, 0.25) is 5.95 Å². The van der Waals surface area contributed by atoms with Gasteiger partial charge in [0.05, 0.1) is 25.7 Å². The van der Waals surface area contributed by atoms with Crippen LogP contribution in [0.1, 0.15) is 0 Å². The first-order chi connectivity index (χ1) is 10.9. The summed E-state index contributed by atoms with van der Waals surface area (Å²) in [6.07, 6.45) is 2.97. The molecule has 0 aliphatic carbocycles. The van der Waals surface area contributed by atoms with Crippen molar-refractivity contribution in [1.82, 2.24) is 19.5 Å². The van der Waals surface area contributed by atoms with Gasteiger partial charge in [0.1, 0.15) is 0 Å².